The molecule has 0 saturated carbocycles. The Kier molecular flexibility index (Phi) is 4.31. The summed E-state index contributed by atoms with van der Waals surface area (Å²) in [6, 6.07) is 7.45. The van der Waals surface area contributed by atoms with E-state index in [1.54, 1.807) is 11.3 Å². The number of carbonyl (C=O) groups excluding carboxylic acids is 1. The summed E-state index contributed by atoms with van der Waals surface area (Å²) in [6.45, 7) is 0.469. The molecule has 0 aliphatic rings. The molecule has 2 rings (SSSR count). The average molecular weight is 292 g/mol. The topological polar surface area (TPSA) is 92.5 Å². The molecular formula is C13H12N2O4S. The van der Waals surface area contributed by atoms with Crippen LogP contribution in [-0.2, 0) is 6.42 Å². The Hall–Kier alpha value is -2.41. The summed E-state index contributed by atoms with van der Waals surface area (Å²) in [5.41, 5.74) is -0.223. The van der Waals surface area contributed by atoms with Crippen LogP contribution in [0.3, 0.4) is 0 Å². The average Bonchev–Trinajstić information content (AvgIpc) is 2.91. The van der Waals surface area contributed by atoms with Crippen LogP contribution in [0, 0.1) is 10.1 Å². The first-order chi connectivity index (χ1) is 9.58. The fourth-order valence-corrected chi connectivity index (χ4v) is 2.38. The predicted molar refractivity (Wildman–Crippen MR) is 75.1 cm³/mol. The molecule has 0 fully saturated rings. The summed E-state index contributed by atoms with van der Waals surface area (Å²) in [4.78, 5) is 22.8. The number of phenolic OH excluding ortho intramolecular Hbond substituents is 1. The molecule has 1 aromatic heterocycles. The molecule has 0 spiro atoms. The number of amides is 1. The van der Waals surface area contributed by atoms with Gasteiger partial charge in [0.05, 0.1) is 4.92 Å². The van der Waals surface area contributed by atoms with E-state index in [4.69, 9.17) is 0 Å². The Morgan fingerprint density at radius 1 is 1.40 bits per heavy atom. The number of rotatable bonds is 5. The summed E-state index contributed by atoms with van der Waals surface area (Å²) in [5.74, 6) is -0.882. The Morgan fingerprint density at radius 3 is 2.80 bits per heavy atom. The van der Waals surface area contributed by atoms with Crippen molar-refractivity contribution >= 4 is 22.9 Å². The molecule has 0 aliphatic heterocycles. The van der Waals surface area contributed by atoms with Crippen molar-refractivity contribution in [2.45, 2.75) is 6.42 Å². The molecule has 0 saturated heterocycles. The van der Waals surface area contributed by atoms with Crippen LogP contribution in [0.5, 0.6) is 5.75 Å². The lowest BCUT2D eigenvalue weighted by Gasteiger charge is -2.05. The lowest BCUT2D eigenvalue weighted by molar-refractivity contribution is -0.385. The highest BCUT2D eigenvalue weighted by Gasteiger charge is 2.15. The minimum atomic E-state index is -0.701. The molecule has 0 bridgehead atoms. The van der Waals surface area contributed by atoms with E-state index in [1.165, 1.54) is 6.07 Å². The molecule has 6 nitrogen and oxygen atoms in total. The van der Waals surface area contributed by atoms with Crippen LogP contribution >= 0.6 is 11.3 Å². The molecule has 0 aliphatic carbocycles. The van der Waals surface area contributed by atoms with Gasteiger partial charge in [-0.3, -0.25) is 14.9 Å². The second-order valence-corrected chi connectivity index (χ2v) is 5.08. The number of nitro groups is 1. The highest BCUT2D eigenvalue weighted by atomic mass is 32.1. The van der Waals surface area contributed by atoms with Gasteiger partial charge < -0.3 is 10.4 Å². The first-order valence-corrected chi connectivity index (χ1v) is 6.74. The normalized spacial score (nSPS) is 10.2. The summed E-state index contributed by atoms with van der Waals surface area (Å²) in [5, 5.41) is 24.7. The number of nitrogens with one attached hydrogen (secondary N) is 1. The second kappa shape index (κ2) is 6.16. The van der Waals surface area contributed by atoms with E-state index in [0.29, 0.717) is 6.54 Å². The van der Waals surface area contributed by atoms with E-state index in [1.807, 2.05) is 17.5 Å². The first kappa shape index (κ1) is 14.0. The molecule has 0 radical (unpaired) electrons. The van der Waals surface area contributed by atoms with Crippen LogP contribution in [-0.4, -0.2) is 22.5 Å². The number of thiophene rings is 1. The second-order valence-electron chi connectivity index (χ2n) is 4.05. The Morgan fingerprint density at radius 2 is 2.20 bits per heavy atom. The minimum Gasteiger partial charge on any atom is -0.502 e. The number of nitro benzene ring substituents is 1. The maximum atomic E-state index is 11.8. The number of hydrogen-bond donors (Lipinski definition) is 2. The van der Waals surface area contributed by atoms with Gasteiger partial charge in [0.25, 0.3) is 5.91 Å². The zero-order valence-corrected chi connectivity index (χ0v) is 11.2. The summed E-state index contributed by atoms with van der Waals surface area (Å²) >= 11 is 1.61. The van der Waals surface area contributed by atoms with Gasteiger partial charge in [0.2, 0.25) is 0 Å². The van der Waals surface area contributed by atoms with Gasteiger partial charge in [-0.05, 0) is 30.0 Å². The first-order valence-electron chi connectivity index (χ1n) is 5.86. The molecule has 1 amide bonds. The third kappa shape index (κ3) is 3.33. The fourth-order valence-electron chi connectivity index (χ4n) is 1.68. The van der Waals surface area contributed by atoms with E-state index in [-0.39, 0.29) is 11.5 Å². The number of benzene rings is 1. The quantitative estimate of drug-likeness (QED) is 0.653. The smallest absolute Gasteiger partial charge is 0.310 e. The van der Waals surface area contributed by atoms with E-state index in [9.17, 15) is 20.0 Å². The largest absolute Gasteiger partial charge is 0.502 e. The van der Waals surface area contributed by atoms with Crippen molar-refractivity contribution in [2.75, 3.05) is 6.54 Å². The maximum absolute atomic E-state index is 11.8. The summed E-state index contributed by atoms with van der Waals surface area (Å²) in [6.07, 6.45) is 0.725. The van der Waals surface area contributed by atoms with Crippen LogP contribution in [0.4, 0.5) is 5.69 Å². The lowest BCUT2D eigenvalue weighted by atomic mass is 10.1. The highest BCUT2D eigenvalue weighted by molar-refractivity contribution is 7.09. The van der Waals surface area contributed by atoms with Crippen molar-refractivity contribution in [3.63, 3.8) is 0 Å². The monoisotopic (exact) mass is 292 g/mol. The van der Waals surface area contributed by atoms with Gasteiger partial charge in [0, 0.05) is 23.1 Å². The van der Waals surface area contributed by atoms with Gasteiger partial charge in [-0.1, -0.05) is 6.07 Å². The molecule has 20 heavy (non-hydrogen) atoms. The van der Waals surface area contributed by atoms with Crippen molar-refractivity contribution in [2.24, 2.45) is 0 Å². The molecule has 0 atom stereocenters. The van der Waals surface area contributed by atoms with Crippen LogP contribution in [0.25, 0.3) is 0 Å². The zero-order chi connectivity index (χ0) is 14.5. The molecule has 104 valence electrons. The number of carbonyl (C=O) groups is 1. The summed E-state index contributed by atoms with van der Waals surface area (Å²) < 4.78 is 0. The van der Waals surface area contributed by atoms with E-state index < -0.39 is 16.4 Å². The number of aromatic hydroxyl groups is 1. The molecule has 1 heterocycles. The maximum Gasteiger partial charge on any atom is 0.310 e. The third-order valence-corrected chi connectivity index (χ3v) is 3.61. The van der Waals surface area contributed by atoms with Gasteiger partial charge in [-0.15, -0.1) is 11.3 Å². The number of nitrogens with zero attached hydrogens (tertiary/aromatic N) is 1. The van der Waals surface area contributed by atoms with Crippen molar-refractivity contribution < 1.29 is 14.8 Å². The predicted octanol–water partition coefficient (Wildman–Crippen LogP) is 2.33. The SMILES string of the molecule is O=C(NCCc1cccs1)c1ccc([N+](=O)[O-])c(O)c1. The van der Waals surface area contributed by atoms with E-state index >= 15 is 0 Å². The Bertz CT molecular complexity index is 625. The molecular weight excluding hydrogens is 280 g/mol. The Labute approximate surface area is 118 Å². The van der Waals surface area contributed by atoms with Gasteiger partial charge in [0.15, 0.2) is 5.75 Å². The minimum absolute atomic E-state index is 0.194. The van der Waals surface area contributed by atoms with Crippen molar-refractivity contribution in [1.82, 2.24) is 5.32 Å². The van der Waals surface area contributed by atoms with Crippen LogP contribution in [0.2, 0.25) is 0 Å². The van der Waals surface area contributed by atoms with Crippen LogP contribution < -0.4 is 5.32 Å². The van der Waals surface area contributed by atoms with Crippen molar-refractivity contribution in [1.29, 1.82) is 0 Å². The van der Waals surface area contributed by atoms with Gasteiger partial charge in [-0.25, -0.2) is 0 Å². The fraction of sp³-hybridized carbons (Fsp3) is 0.154. The molecule has 2 N–H and O–H groups in total. The third-order valence-electron chi connectivity index (χ3n) is 2.67. The van der Waals surface area contributed by atoms with Crippen molar-refractivity contribution in [3.05, 3.63) is 56.3 Å². The van der Waals surface area contributed by atoms with E-state index in [2.05, 4.69) is 5.32 Å². The van der Waals surface area contributed by atoms with Gasteiger partial charge in [0.1, 0.15) is 0 Å². The number of hydrogen-bond acceptors (Lipinski definition) is 5. The number of phenols is 1. The zero-order valence-electron chi connectivity index (χ0n) is 10.4. The van der Waals surface area contributed by atoms with E-state index in [0.717, 1.165) is 23.4 Å². The van der Waals surface area contributed by atoms with Gasteiger partial charge >= 0.3 is 5.69 Å². The van der Waals surface area contributed by atoms with Crippen molar-refractivity contribution in [3.8, 4) is 5.75 Å². The standard InChI is InChI=1S/C13H12N2O4S/c16-12-8-9(3-4-11(12)15(18)19)13(17)14-6-5-10-2-1-7-20-10/h1-4,7-8,16H,5-6H2,(H,14,17). The van der Waals surface area contributed by atoms with Crippen LogP contribution in [0.15, 0.2) is 35.7 Å². The molecule has 0 unspecified atom stereocenters. The molecule has 2 aromatic rings. The molecule has 1 aromatic carbocycles. The van der Waals surface area contributed by atoms with Crippen LogP contribution in [0.1, 0.15) is 15.2 Å². The summed E-state index contributed by atoms with van der Waals surface area (Å²) in [7, 11) is 0. The molecule has 7 heteroatoms. The lowest BCUT2D eigenvalue weighted by Crippen LogP contribution is -2.25. The highest BCUT2D eigenvalue weighted by Crippen LogP contribution is 2.26. The van der Waals surface area contributed by atoms with Gasteiger partial charge in [-0.2, -0.15) is 0 Å². The Balaban J connectivity index is 1.95.